The molecule has 2 aromatic rings. The Morgan fingerprint density at radius 2 is 1.62 bits per heavy atom. The van der Waals surface area contributed by atoms with Crippen LogP contribution < -0.4 is 19.9 Å². The zero-order valence-corrected chi connectivity index (χ0v) is 12.4. The summed E-state index contributed by atoms with van der Waals surface area (Å²) in [6, 6.07) is 15.1. The first-order chi connectivity index (χ1) is 10.2. The van der Waals surface area contributed by atoms with E-state index >= 15 is 0 Å². The quantitative estimate of drug-likeness (QED) is 0.850. The van der Waals surface area contributed by atoms with Crippen molar-refractivity contribution in [2.75, 3.05) is 20.3 Å². The lowest BCUT2D eigenvalue weighted by atomic mass is 10.1. The molecular weight excluding hydrogens is 266 g/mol. The van der Waals surface area contributed by atoms with Gasteiger partial charge in [0.05, 0.1) is 19.8 Å². The van der Waals surface area contributed by atoms with Crippen LogP contribution in [0.5, 0.6) is 17.2 Å². The monoisotopic (exact) mass is 287 g/mol. The molecule has 0 aliphatic carbocycles. The van der Waals surface area contributed by atoms with Crippen molar-refractivity contribution in [3.8, 4) is 17.2 Å². The van der Waals surface area contributed by atoms with E-state index in [1.807, 2.05) is 55.5 Å². The number of rotatable bonds is 7. The van der Waals surface area contributed by atoms with Crippen LogP contribution in [0.3, 0.4) is 0 Å². The minimum Gasteiger partial charge on any atom is -0.497 e. The van der Waals surface area contributed by atoms with Crippen LogP contribution in [0.15, 0.2) is 48.5 Å². The number of nitrogens with two attached hydrogens (primary N) is 1. The lowest BCUT2D eigenvalue weighted by Crippen LogP contribution is -2.18. The summed E-state index contributed by atoms with van der Waals surface area (Å²) in [4.78, 5) is 0. The highest BCUT2D eigenvalue weighted by molar-refractivity contribution is 5.33. The zero-order chi connectivity index (χ0) is 15.1. The molecule has 4 nitrogen and oxygen atoms in total. The summed E-state index contributed by atoms with van der Waals surface area (Å²) in [5.41, 5.74) is 7.14. The molecule has 0 radical (unpaired) electrons. The van der Waals surface area contributed by atoms with Crippen LogP contribution in [0.1, 0.15) is 18.5 Å². The molecule has 0 fully saturated rings. The fourth-order valence-electron chi connectivity index (χ4n) is 1.95. The molecule has 0 heterocycles. The van der Waals surface area contributed by atoms with Gasteiger partial charge in [-0.2, -0.15) is 0 Å². The second kappa shape index (κ2) is 7.55. The molecule has 112 valence electrons. The Hall–Kier alpha value is -2.20. The van der Waals surface area contributed by atoms with E-state index < -0.39 is 0 Å². The summed E-state index contributed by atoms with van der Waals surface area (Å²) in [6.45, 7) is 2.99. The molecule has 0 aliphatic rings. The Morgan fingerprint density at radius 3 is 2.24 bits per heavy atom. The number of methoxy groups -OCH3 is 1. The Bertz CT molecular complexity index is 554. The van der Waals surface area contributed by atoms with E-state index in [1.54, 1.807) is 7.11 Å². The summed E-state index contributed by atoms with van der Waals surface area (Å²) >= 11 is 0. The molecule has 0 amide bonds. The number of hydrogen-bond acceptors (Lipinski definition) is 4. The summed E-state index contributed by atoms with van der Waals surface area (Å²) in [5.74, 6) is 2.37. The minimum absolute atomic E-state index is 0.188. The molecule has 2 aromatic carbocycles. The van der Waals surface area contributed by atoms with Gasteiger partial charge in [-0.1, -0.05) is 18.2 Å². The van der Waals surface area contributed by atoms with Crippen LogP contribution in [-0.4, -0.2) is 20.3 Å². The molecule has 0 saturated carbocycles. The molecule has 1 atom stereocenters. The molecule has 0 aromatic heterocycles. The van der Waals surface area contributed by atoms with Crippen LogP contribution in [0.25, 0.3) is 0 Å². The van der Waals surface area contributed by atoms with Crippen LogP contribution in [0.4, 0.5) is 0 Å². The van der Waals surface area contributed by atoms with Crippen molar-refractivity contribution in [1.29, 1.82) is 0 Å². The smallest absolute Gasteiger partial charge is 0.123 e. The Labute approximate surface area is 125 Å². The lowest BCUT2D eigenvalue weighted by Gasteiger charge is -2.14. The van der Waals surface area contributed by atoms with E-state index in [1.165, 1.54) is 0 Å². The number of hydrogen-bond donors (Lipinski definition) is 1. The van der Waals surface area contributed by atoms with Gasteiger partial charge in [0.1, 0.15) is 23.9 Å². The summed E-state index contributed by atoms with van der Waals surface area (Å²) in [6.07, 6.45) is 0. The fourth-order valence-corrected chi connectivity index (χ4v) is 1.95. The highest BCUT2D eigenvalue weighted by Gasteiger charge is 2.07. The Morgan fingerprint density at radius 1 is 0.952 bits per heavy atom. The average Bonchev–Trinajstić information content (AvgIpc) is 2.53. The highest BCUT2D eigenvalue weighted by atomic mass is 16.5. The molecule has 0 saturated heterocycles. The molecular formula is C17H21NO3. The van der Waals surface area contributed by atoms with Gasteiger partial charge in [-0.3, -0.25) is 0 Å². The van der Waals surface area contributed by atoms with Gasteiger partial charge in [0.2, 0.25) is 0 Å². The second-order valence-electron chi connectivity index (χ2n) is 4.60. The maximum absolute atomic E-state index is 6.13. The first-order valence-corrected chi connectivity index (χ1v) is 6.98. The maximum atomic E-state index is 6.13. The normalized spacial score (nSPS) is 11.8. The van der Waals surface area contributed by atoms with Crippen molar-refractivity contribution in [3.63, 3.8) is 0 Å². The second-order valence-corrected chi connectivity index (χ2v) is 4.60. The molecule has 0 spiro atoms. The van der Waals surface area contributed by atoms with Gasteiger partial charge in [-0.25, -0.2) is 0 Å². The predicted molar refractivity (Wildman–Crippen MR) is 83.0 cm³/mol. The van der Waals surface area contributed by atoms with E-state index in [-0.39, 0.29) is 6.04 Å². The van der Waals surface area contributed by atoms with Crippen LogP contribution in [0.2, 0.25) is 0 Å². The van der Waals surface area contributed by atoms with Crippen molar-refractivity contribution >= 4 is 0 Å². The van der Waals surface area contributed by atoms with Crippen molar-refractivity contribution in [1.82, 2.24) is 0 Å². The summed E-state index contributed by atoms with van der Waals surface area (Å²) in [7, 11) is 1.64. The standard InChI is InChI=1S/C17H21NO3/c1-3-20-15-5-4-6-16(11-15)21-12-17(18)13-7-9-14(19-2)10-8-13/h4-11,17H,3,12,18H2,1-2H3. The van der Waals surface area contributed by atoms with Gasteiger partial charge in [0, 0.05) is 6.07 Å². The fraction of sp³-hybridized carbons (Fsp3) is 0.294. The van der Waals surface area contributed by atoms with Gasteiger partial charge in [0.25, 0.3) is 0 Å². The Kier molecular flexibility index (Phi) is 5.46. The van der Waals surface area contributed by atoms with Gasteiger partial charge >= 0.3 is 0 Å². The maximum Gasteiger partial charge on any atom is 0.123 e. The van der Waals surface area contributed by atoms with E-state index in [4.69, 9.17) is 19.9 Å². The largest absolute Gasteiger partial charge is 0.497 e. The van der Waals surface area contributed by atoms with E-state index in [9.17, 15) is 0 Å². The molecule has 0 aliphatic heterocycles. The van der Waals surface area contributed by atoms with Crippen LogP contribution in [-0.2, 0) is 0 Å². The van der Waals surface area contributed by atoms with Gasteiger partial charge in [0.15, 0.2) is 0 Å². The van der Waals surface area contributed by atoms with Crippen molar-refractivity contribution in [3.05, 3.63) is 54.1 Å². The SMILES string of the molecule is CCOc1cccc(OCC(N)c2ccc(OC)cc2)c1. The summed E-state index contributed by atoms with van der Waals surface area (Å²) < 4.78 is 16.3. The first-order valence-electron chi connectivity index (χ1n) is 6.98. The van der Waals surface area contributed by atoms with Crippen molar-refractivity contribution in [2.45, 2.75) is 13.0 Å². The zero-order valence-electron chi connectivity index (χ0n) is 12.4. The van der Waals surface area contributed by atoms with E-state index in [0.29, 0.717) is 13.2 Å². The predicted octanol–water partition coefficient (Wildman–Crippen LogP) is 3.17. The van der Waals surface area contributed by atoms with Gasteiger partial charge < -0.3 is 19.9 Å². The topological polar surface area (TPSA) is 53.7 Å². The molecule has 1 unspecified atom stereocenters. The van der Waals surface area contributed by atoms with Gasteiger partial charge in [-0.15, -0.1) is 0 Å². The van der Waals surface area contributed by atoms with Crippen LogP contribution in [0, 0.1) is 0 Å². The third kappa shape index (κ3) is 4.39. The highest BCUT2D eigenvalue weighted by Crippen LogP contribution is 2.21. The molecule has 0 bridgehead atoms. The lowest BCUT2D eigenvalue weighted by molar-refractivity contribution is 0.286. The Balaban J connectivity index is 1.93. The molecule has 2 N–H and O–H groups in total. The molecule has 2 rings (SSSR count). The number of ether oxygens (including phenoxy) is 3. The van der Waals surface area contributed by atoms with E-state index in [2.05, 4.69) is 0 Å². The summed E-state index contributed by atoms with van der Waals surface area (Å²) in [5, 5.41) is 0. The third-order valence-electron chi connectivity index (χ3n) is 3.09. The average molecular weight is 287 g/mol. The van der Waals surface area contributed by atoms with E-state index in [0.717, 1.165) is 22.8 Å². The van der Waals surface area contributed by atoms with Gasteiger partial charge in [-0.05, 0) is 36.8 Å². The number of benzene rings is 2. The van der Waals surface area contributed by atoms with Crippen molar-refractivity contribution < 1.29 is 14.2 Å². The molecule has 4 heteroatoms. The first kappa shape index (κ1) is 15.2. The minimum atomic E-state index is -0.188. The van der Waals surface area contributed by atoms with Crippen molar-refractivity contribution in [2.24, 2.45) is 5.73 Å². The van der Waals surface area contributed by atoms with Crippen LogP contribution >= 0.6 is 0 Å². The molecule has 21 heavy (non-hydrogen) atoms. The third-order valence-corrected chi connectivity index (χ3v) is 3.09.